The van der Waals surface area contributed by atoms with Crippen LogP contribution in [0, 0.1) is 0 Å². The van der Waals surface area contributed by atoms with Gasteiger partial charge in [-0.15, -0.1) is 0 Å². The lowest BCUT2D eigenvalue weighted by Crippen LogP contribution is -2.27. The zero-order valence-electron chi connectivity index (χ0n) is 14.0. The molecule has 1 aromatic carbocycles. The molecule has 2 aliphatic heterocycles. The number of likely N-dealkylation sites (N-methyl/N-ethyl adjacent to an activating group) is 1. The zero-order chi connectivity index (χ0) is 17.4. The normalized spacial score (nSPS) is 16.2. The van der Waals surface area contributed by atoms with Gasteiger partial charge in [0, 0.05) is 24.9 Å². The Bertz CT molecular complexity index is 874. The SMILES string of the molecule is CC1=C(C(=O)N(C)Cc2nc(-c3ccccc3)no2)SC2=NCCN21. The topological polar surface area (TPSA) is 74.8 Å². The van der Waals surface area contributed by atoms with Crippen LogP contribution in [0.25, 0.3) is 11.4 Å². The Balaban J connectivity index is 1.47. The van der Waals surface area contributed by atoms with Crippen molar-refractivity contribution in [3.05, 3.63) is 46.8 Å². The molecule has 0 saturated carbocycles. The fourth-order valence-electron chi connectivity index (χ4n) is 2.78. The van der Waals surface area contributed by atoms with E-state index in [1.54, 1.807) is 11.9 Å². The first-order chi connectivity index (χ1) is 12.1. The van der Waals surface area contributed by atoms with Crippen LogP contribution in [-0.4, -0.2) is 51.2 Å². The average molecular weight is 355 g/mol. The van der Waals surface area contributed by atoms with Crippen molar-refractivity contribution in [2.45, 2.75) is 13.5 Å². The van der Waals surface area contributed by atoms with Gasteiger partial charge in [-0.25, -0.2) is 0 Å². The molecule has 7 nitrogen and oxygen atoms in total. The number of allylic oxidation sites excluding steroid dienone is 1. The molecule has 0 N–H and O–H groups in total. The van der Waals surface area contributed by atoms with Gasteiger partial charge in [0.2, 0.25) is 11.7 Å². The third kappa shape index (κ3) is 2.93. The second-order valence-electron chi connectivity index (χ2n) is 5.87. The molecule has 0 spiro atoms. The Kier molecular flexibility index (Phi) is 4.04. The van der Waals surface area contributed by atoms with Crippen molar-refractivity contribution < 1.29 is 9.32 Å². The molecule has 0 bridgehead atoms. The largest absolute Gasteiger partial charge is 0.337 e. The summed E-state index contributed by atoms with van der Waals surface area (Å²) in [6.07, 6.45) is 0. The lowest BCUT2D eigenvalue weighted by atomic mass is 10.2. The number of carbonyl (C=O) groups is 1. The lowest BCUT2D eigenvalue weighted by Gasteiger charge is -2.16. The van der Waals surface area contributed by atoms with Crippen molar-refractivity contribution in [1.82, 2.24) is 19.9 Å². The standard InChI is InChI=1S/C17H17N5O2S/c1-11-14(25-17-18-8-9-22(11)17)16(23)21(2)10-13-19-15(20-24-13)12-6-4-3-5-7-12/h3-7H,8-10H2,1-2H3. The van der Waals surface area contributed by atoms with Crippen LogP contribution in [0.15, 0.2) is 50.4 Å². The summed E-state index contributed by atoms with van der Waals surface area (Å²) in [5, 5.41) is 4.90. The summed E-state index contributed by atoms with van der Waals surface area (Å²) in [5.74, 6) is 0.880. The molecule has 0 fully saturated rings. The van der Waals surface area contributed by atoms with Crippen LogP contribution in [0.2, 0.25) is 0 Å². The minimum absolute atomic E-state index is 0.0564. The van der Waals surface area contributed by atoms with Crippen molar-refractivity contribution >= 4 is 22.8 Å². The van der Waals surface area contributed by atoms with E-state index in [0.29, 0.717) is 16.6 Å². The van der Waals surface area contributed by atoms with Crippen molar-refractivity contribution in [3.63, 3.8) is 0 Å². The number of nitrogens with zero attached hydrogens (tertiary/aromatic N) is 5. The number of thioether (sulfide) groups is 1. The van der Waals surface area contributed by atoms with E-state index in [1.165, 1.54) is 11.8 Å². The molecule has 0 radical (unpaired) electrons. The average Bonchev–Trinajstić information content (AvgIpc) is 3.33. The first-order valence-corrected chi connectivity index (χ1v) is 8.79. The van der Waals surface area contributed by atoms with Crippen molar-refractivity contribution in [2.75, 3.05) is 20.1 Å². The van der Waals surface area contributed by atoms with Crippen LogP contribution in [0.3, 0.4) is 0 Å². The molecular weight excluding hydrogens is 338 g/mol. The molecule has 128 valence electrons. The number of benzene rings is 1. The Hall–Kier alpha value is -2.61. The van der Waals surface area contributed by atoms with Crippen LogP contribution >= 0.6 is 11.8 Å². The van der Waals surface area contributed by atoms with Crippen molar-refractivity contribution in [3.8, 4) is 11.4 Å². The van der Waals surface area contributed by atoms with Crippen LogP contribution in [0.5, 0.6) is 0 Å². The Labute approximate surface area is 149 Å². The van der Waals surface area contributed by atoms with E-state index in [9.17, 15) is 4.79 Å². The van der Waals surface area contributed by atoms with Gasteiger partial charge in [-0.2, -0.15) is 4.98 Å². The van der Waals surface area contributed by atoms with Crippen LogP contribution < -0.4 is 0 Å². The second-order valence-corrected chi connectivity index (χ2v) is 6.85. The number of rotatable bonds is 4. The summed E-state index contributed by atoms with van der Waals surface area (Å²) in [6.45, 7) is 3.87. The van der Waals surface area contributed by atoms with Gasteiger partial charge in [0.05, 0.1) is 11.4 Å². The highest BCUT2D eigenvalue weighted by molar-refractivity contribution is 8.18. The summed E-state index contributed by atoms with van der Waals surface area (Å²) in [5.41, 5.74) is 1.85. The molecule has 1 amide bonds. The van der Waals surface area contributed by atoms with E-state index in [0.717, 1.165) is 29.5 Å². The van der Waals surface area contributed by atoms with Gasteiger partial charge in [-0.1, -0.05) is 35.5 Å². The second kappa shape index (κ2) is 6.36. The highest BCUT2D eigenvalue weighted by atomic mass is 32.2. The van der Waals surface area contributed by atoms with Gasteiger partial charge >= 0.3 is 0 Å². The van der Waals surface area contributed by atoms with Gasteiger partial charge in [-0.05, 0) is 18.7 Å². The molecule has 1 aromatic heterocycles. The van der Waals surface area contributed by atoms with E-state index in [2.05, 4.69) is 20.0 Å². The third-order valence-corrected chi connectivity index (χ3v) is 5.35. The number of hydrogen-bond donors (Lipinski definition) is 0. The molecule has 3 heterocycles. The summed E-state index contributed by atoms with van der Waals surface area (Å²) in [7, 11) is 1.74. The molecular formula is C17H17N5O2S. The van der Waals surface area contributed by atoms with E-state index in [-0.39, 0.29) is 12.5 Å². The fraction of sp³-hybridized carbons (Fsp3) is 0.294. The third-order valence-electron chi connectivity index (χ3n) is 4.14. The summed E-state index contributed by atoms with van der Waals surface area (Å²) in [6, 6.07) is 9.61. The molecule has 25 heavy (non-hydrogen) atoms. The van der Waals surface area contributed by atoms with Crippen molar-refractivity contribution in [2.24, 2.45) is 4.99 Å². The predicted octanol–water partition coefficient (Wildman–Crippen LogP) is 2.34. The van der Waals surface area contributed by atoms with Crippen LogP contribution in [-0.2, 0) is 11.3 Å². The molecule has 2 aromatic rings. The quantitative estimate of drug-likeness (QED) is 0.838. The minimum Gasteiger partial charge on any atom is -0.337 e. The fourth-order valence-corrected chi connectivity index (χ4v) is 3.96. The van der Waals surface area contributed by atoms with Crippen molar-refractivity contribution in [1.29, 1.82) is 0 Å². The summed E-state index contributed by atoms with van der Waals surface area (Å²) >= 11 is 1.44. The Morgan fingerprint density at radius 2 is 2.16 bits per heavy atom. The first kappa shape index (κ1) is 15.9. The number of hydrogen-bond acceptors (Lipinski definition) is 7. The molecule has 0 saturated heterocycles. The van der Waals surface area contributed by atoms with E-state index in [1.807, 2.05) is 37.3 Å². The molecule has 2 aliphatic rings. The van der Waals surface area contributed by atoms with E-state index in [4.69, 9.17) is 4.52 Å². The van der Waals surface area contributed by atoms with Crippen LogP contribution in [0.4, 0.5) is 0 Å². The van der Waals surface area contributed by atoms with Gasteiger partial charge in [0.15, 0.2) is 5.17 Å². The molecule has 0 aliphatic carbocycles. The van der Waals surface area contributed by atoms with Gasteiger partial charge < -0.3 is 14.3 Å². The molecule has 0 unspecified atom stereocenters. The maximum atomic E-state index is 12.7. The number of amidine groups is 1. The number of fused-ring (bicyclic) bond motifs is 1. The van der Waals surface area contributed by atoms with E-state index >= 15 is 0 Å². The maximum Gasteiger partial charge on any atom is 0.262 e. The summed E-state index contributed by atoms with van der Waals surface area (Å²) < 4.78 is 5.29. The Morgan fingerprint density at radius 3 is 2.92 bits per heavy atom. The zero-order valence-corrected chi connectivity index (χ0v) is 14.8. The van der Waals surface area contributed by atoms with Gasteiger partial charge in [0.1, 0.15) is 6.54 Å². The summed E-state index contributed by atoms with van der Waals surface area (Å²) in [4.78, 5) is 25.9. The highest BCUT2D eigenvalue weighted by Gasteiger charge is 2.34. The number of carbonyl (C=O) groups excluding carboxylic acids is 1. The Morgan fingerprint density at radius 1 is 1.36 bits per heavy atom. The number of aromatic nitrogens is 2. The monoisotopic (exact) mass is 355 g/mol. The van der Waals surface area contributed by atoms with Gasteiger partial charge in [0.25, 0.3) is 5.91 Å². The lowest BCUT2D eigenvalue weighted by molar-refractivity contribution is -0.126. The highest BCUT2D eigenvalue weighted by Crippen LogP contribution is 2.37. The minimum atomic E-state index is -0.0564. The van der Waals surface area contributed by atoms with E-state index < -0.39 is 0 Å². The maximum absolute atomic E-state index is 12.7. The molecule has 4 rings (SSSR count). The molecule has 0 atom stereocenters. The van der Waals surface area contributed by atoms with Gasteiger partial charge in [-0.3, -0.25) is 9.79 Å². The molecule has 8 heteroatoms. The smallest absolute Gasteiger partial charge is 0.262 e. The first-order valence-electron chi connectivity index (χ1n) is 7.97. The number of amides is 1. The predicted molar refractivity (Wildman–Crippen MR) is 95.5 cm³/mol. The van der Waals surface area contributed by atoms with Crippen LogP contribution in [0.1, 0.15) is 12.8 Å². The number of aliphatic imine (C=N–C) groups is 1.